The Labute approximate surface area is 147 Å². The first-order valence-corrected chi connectivity index (χ1v) is 9.25. The number of amides is 2. The Morgan fingerprint density at radius 3 is 2.29 bits per heavy atom. The number of carbonyl (C=O) groups excluding carboxylic acids is 1. The van der Waals surface area contributed by atoms with E-state index >= 15 is 0 Å². The number of unbranched alkanes of at least 4 members (excludes halogenated alkanes) is 1. The normalized spacial score (nSPS) is 10.8. The zero-order valence-electron chi connectivity index (χ0n) is 15.3. The number of nitrogens with two attached hydrogens (primary N) is 1. The maximum absolute atomic E-state index is 11.9. The van der Waals surface area contributed by atoms with Gasteiger partial charge in [0.05, 0.1) is 0 Å². The third-order valence-electron chi connectivity index (χ3n) is 3.91. The van der Waals surface area contributed by atoms with Crippen LogP contribution >= 0.6 is 0 Å². The van der Waals surface area contributed by atoms with Gasteiger partial charge in [0.2, 0.25) is 0 Å². The number of urea groups is 1. The van der Waals surface area contributed by atoms with Crippen molar-refractivity contribution in [3.05, 3.63) is 29.8 Å². The van der Waals surface area contributed by atoms with Gasteiger partial charge in [0.25, 0.3) is 0 Å². The first-order valence-electron chi connectivity index (χ1n) is 9.25. The van der Waals surface area contributed by atoms with Crippen molar-refractivity contribution in [3.63, 3.8) is 0 Å². The van der Waals surface area contributed by atoms with Crippen LogP contribution in [0.25, 0.3) is 0 Å². The Bertz CT molecular complexity index is 441. The molecule has 0 atom stereocenters. The van der Waals surface area contributed by atoms with Crippen LogP contribution in [0.15, 0.2) is 24.3 Å². The third-order valence-corrected chi connectivity index (χ3v) is 3.91. The smallest absolute Gasteiger partial charge is 0.319 e. The van der Waals surface area contributed by atoms with E-state index in [1.165, 1.54) is 31.5 Å². The van der Waals surface area contributed by atoms with Crippen LogP contribution in [-0.2, 0) is 6.42 Å². The Morgan fingerprint density at radius 1 is 1.04 bits per heavy atom. The second kappa shape index (κ2) is 12.8. The maximum Gasteiger partial charge on any atom is 0.319 e. The molecule has 0 aliphatic heterocycles. The third kappa shape index (κ3) is 8.89. The monoisotopic (exact) mass is 334 g/mol. The quantitative estimate of drug-likeness (QED) is 0.514. The topological polar surface area (TPSA) is 70.4 Å². The van der Waals surface area contributed by atoms with Gasteiger partial charge in [-0.2, -0.15) is 0 Å². The van der Waals surface area contributed by atoms with Gasteiger partial charge in [0.15, 0.2) is 0 Å². The lowest BCUT2D eigenvalue weighted by Gasteiger charge is -2.20. The summed E-state index contributed by atoms with van der Waals surface area (Å²) in [5.41, 5.74) is 7.53. The molecule has 0 unspecified atom stereocenters. The molecule has 0 fully saturated rings. The number of nitrogens with one attached hydrogen (secondary N) is 2. The van der Waals surface area contributed by atoms with Crippen molar-refractivity contribution in [2.75, 3.05) is 38.0 Å². The molecule has 4 N–H and O–H groups in total. The predicted octanol–water partition coefficient (Wildman–Crippen LogP) is 3.21. The second-order valence-corrected chi connectivity index (χ2v) is 6.17. The van der Waals surface area contributed by atoms with Gasteiger partial charge in [-0.1, -0.05) is 26.0 Å². The molecule has 0 aromatic heterocycles. The van der Waals surface area contributed by atoms with Crippen LogP contribution in [0.5, 0.6) is 0 Å². The average molecular weight is 335 g/mol. The highest BCUT2D eigenvalue weighted by Crippen LogP contribution is 2.09. The summed E-state index contributed by atoms with van der Waals surface area (Å²) in [6.07, 6.45) is 5.38. The first kappa shape index (κ1) is 20.5. The van der Waals surface area contributed by atoms with Crippen LogP contribution in [0.3, 0.4) is 0 Å². The Morgan fingerprint density at radius 2 is 1.71 bits per heavy atom. The molecule has 0 aliphatic rings. The lowest BCUT2D eigenvalue weighted by Crippen LogP contribution is -2.31. The summed E-state index contributed by atoms with van der Waals surface area (Å²) in [6.45, 7) is 9.25. The first-order chi connectivity index (χ1) is 11.7. The fourth-order valence-electron chi connectivity index (χ4n) is 2.73. The van der Waals surface area contributed by atoms with Crippen molar-refractivity contribution >= 4 is 11.7 Å². The molecule has 0 bridgehead atoms. The highest BCUT2D eigenvalue weighted by atomic mass is 16.2. The van der Waals surface area contributed by atoms with Crippen LogP contribution in [0.4, 0.5) is 10.5 Å². The average Bonchev–Trinajstić information content (AvgIpc) is 2.57. The standard InChI is InChI=1S/C19H34N4O/c1-3-14-23(15-4-2)16-6-5-13-21-19(24)22-18-9-7-17(8-10-18)11-12-20/h7-10H,3-6,11-16,20H2,1-2H3,(H2,21,22,24). The molecule has 0 saturated heterocycles. The van der Waals surface area contributed by atoms with Crippen LogP contribution in [0.2, 0.25) is 0 Å². The highest BCUT2D eigenvalue weighted by molar-refractivity contribution is 5.89. The number of nitrogens with zero attached hydrogens (tertiary/aromatic N) is 1. The molecule has 0 heterocycles. The minimum Gasteiger partial charge on any atom is -0.338 e. The van der Waals surface area contributed by atoms with E-state index < -0.39 is 0 Å². The van der Waals surface area contributed by atoms with E-state index in [1.807, 2.05) is 24.3 Å². The molecular formula is C19H34N4O. The second-order valence-electron chi connectivity index (χ2n) is 6.17. The van der Waals surface area contributed by atoms with E-state index in [2.05, 4.69) is 29.4 Å². The van der Waals surface area contributed by atoms with Crippen molar-refractivity contribution in [2.24, 2.45) is 5.73 Å². The van der Waals surface area contributed by atoms with Gasteiger partial charge >= 0.3 is 6.03 Å². The lowest BCUT2D eigenvalue weighted by atomic mass is 10.1. The fraction of sp³-hybridized carbons (Fsp3) is 0.632. The summed E-state index contributed by atoms with van der Waals surface area (Å²) in [5, 5.41) is 5.78. The Hall–Kier alpha value is -1.59. The van der Waals surface area contributed by atoms with Crippen molar-refractivity contribution < 1.29 is 4.79 Å². The molecular weight excluding hydrogens is 300 g/mol. The molecule has 1 aromatic carbocycles. The highest BCUT2D eigenvalue weighted by Gasteiger charge is 2.03. The van der Waals surface area contributed by atoms with E-state index in [4.69, 9.17) is 5.73 Å². The minimum absolute atomic E-state index is 0.138. The number of carbonyl (C=O) groups is 1. The summed E-state index contributed by atoms with van der Waals surface area (Å²) >= 11 is 0. The molecule has 0 radical (unpaired) electrons. The molecule has 136 valence electrons. The minimum atomic E-state index is -0.138. The molecule has 2 amide bonds. The molecule has 1 aromatic rings. The van der Waals surface area contributed by atoms with Gasteiger partial charge in [0, 0.05) is 12.2 Å². The van der Waals surface area contributed by atoms with Crippen LogP contribution < -0.4 is 16.4 Å². The van der Waals surface area contributed by atoms with Crippen LogP contribution in [0, 0.1) is 0 Å². The van der Waals surface area contributed by atoms with E-state index in [0.717, 1.165) is 31.5 Å². The molecule has 24 heavy (non-hydrogen) atoms. The van der Waals surface area contributed by atoms with Gasteiger partial charge in [-0.15, -0.1) is 0 Å². The van der Waals surface area contributed by atoms with Crippen molar-refractivity contribution in [1.29, 1.82) is 0 Å². The molecule has 0 spiro atoms. The van der Waals surface area contributed by atoms with Gasteiger partial charge in [-0.25, -0.2) is 4.79 Å². The zero-order valence-corrected chi connectivity index (χ0v) is 15.3. The maximum atomic E-state index is 11.9. The molecule has 0 aliphatic carbocycles. The zero-order chi connectivity index (χ0) is 17.6. The number of hydrogen-bond acceptors (Lipinski definition) is 3. The lowest BCUT2D eigenvalue weighted by molar-refractivity contribution is 0.250. The van der Waals surface area contributed by atoms with E-state index in [0.29, 0.717) is 13.1 Å². The number of rotatable bonds is 12. The van der Waals surface area contributed by atoms with Gasteiger partial charge in [0.1, 0.15) is 0 Å². The van der Waals surface area contributed by atoms with Crippen molar-refractivity contribution in [3.8, 4) is 0 Å². The van der Waals surface area contributed by atoms with E-state index in [-0.39, 0.29) is 6.03 Å². The number of benzene rings is 1. The number of anilines is 1. The summed E-state index contributed by atoms with van der Waals surface area (Å²) in [7, 11) is 0. The molecule has 5 nitrogen and oxygen atoms in total. The predicted molar refractivity (Wildman–Crippen MR) is 102 cm³/mol. The van der Waals surface area contributed by atoms with Gasteiger partial charge < -0.3 is 21.3 Å². The van der Waals surface area contributed by atoms with E-state index in [1.54, 1.807) is 0 Å². The summed E-state index contributed by atoms with van der Waals surface area (Å²) in [5.74, 6) is 0. The molecule has 1 rings (SSSR count). The number of hydrogen-bond donors (Lipinski definition) is 3. The molecule has 5 heteroatoms. The van der Waals surface area contributed by atoms with Crippen LogP contribution in [0.1, 0.15) is 45.1 Å². The van der Waals surface area contributed by atoms with Gasteiger partial charge in [-0.3, -0.25) is 0 Å². The van der Waals surface area contributed by atoms with Gasteiger partial charge in [-0.05, 0) is 76.0 Å². The van der Waals surface area contributed by atoms with Crippen LogP contribution in [-0.4, -0.2) is 43.7 Å². The Kier molecular flexibility index (Phi) is 10.9. The van der Waals surface area contributed by atoms with Crippen molar-refractivity contribution in [2.45, 2.75) is 46.0 Å². The molecule has 0 saturated carbocycles. The van der Waals surface area contributed by atoms with Crippen molar-refractivity contribution in [1.82, 2.24) is 10.2 Å². The largest absolute Gasteiger partial charge is 0.338 e. The Balaban J connectivity index is 2.17. The summed E-state index contributed by atoms with van der Waals surface area (Å²) in [6, 6.07) is 7.69. The SMILES string of the molecule is CCCN(CCC)CCCCNC(=O)Nc1ccc(CCN)cc1. The summed E-state index contributed by atoms with van der Waals surface area (Å²) in [4.78, 5) is 14.4. The summed E-state index contributed by atoms with van der Waals surface area (Å²) < 4.78 is 0. The van der Waals surface area contributed by atoms with E-state index in [9.17, 15) is 4.79 Å². The fourth-order valence-corrected chi connectivity index (χ4v) is 2.73.